The first-order chi connectivity index (χ1) is 6.63. The predicted octanol–water partition coefficient (Wildman–Crippen LogP) is -0.226. The molecule has 0 aliphatic rings. The van der Waals surface area contributed by atoms with E-state index in [1.54, 1.807) is 10.9 Å². The summed E-state index contributed by atoms with van der Waals surface area (Å²) in [5.41, 5.74) is 6.53. The molecular weight excluding hydrogens is 180 g/mol. The Bertz CT molecular complexity index is 308. The summed E-state index contributed by atoms with van der Waals surface area (Å²) in [6, 6.07) is -0.410. The third-order valence-corrected chi connectivity index (χ3v) is 2.00. The van der Waals surface area contributed by atoms with Gasteiger partial charge in [0.05, 0.1) is 12.2 Å². The van der Waals surface area contributed by atoms with Gasteiger partial charge in [0.15, 0.2) is 0 Å². The average molecular weight is 196 g/mol. The molecule has 0 bridgehead atoms. The molecule has 1 rings (SSSR count). The van der Waals surface area contributed by atoms with Crippen molar-refractivity contribution in [3.63, 3.8) is 0 Å². The topological polar surface area (TPSA) is 72.9 Å². The Balaban J connectivity index is 2.37. The minimum absolute atomic E-state index is 0.114. The van der Waals surface area contributed by atoms with Crippen molar-refractivity contribution in [2.75, 3.05) is 0 Å². The lowest BCUT2D eigenvalue weighted by Gasteiger charge is -2.08. The maximum atomic E-state index is 11.3. The number of rotatable bonds is 4. The standard InChI is InChI=1S/C9H16N4O/c1-3-8(10)9(14)11-4-7-5-12-13(2)6-7/h5-6,8H,3-4,10H2,1-2H3,(H,11,14)/t8-/m0/s1. The quantitative estimate of drug-likeness (QED) is 0.699. The maximum Gasteiger partial charge on any atom is 0.237 e. The number of carbonyl (C=O) groups excluding carboxylic acids is 1. The zero-order valence-electron chi connectivity index (χ0n) is 8.53. The molecule has 0 aromatic carbocycles. The SMILES string of the molecule is CC[C@H](N)C(=O)NCc1cnn(C)c1. The lowest BCUT2D eigenvalue weighted by atomic mass is 10.2. The number of nitrogens with zero attached hydrogens (tertiary/aromatic N) is 2. The van der Waals surface area contributed by atoms with E-state index in [-0.39, 0.29) is 5.91 Å². The lowest BCUT2D eigenvalue weighted by Crippen LogP contribution is -2.39. The van der Waals surface area contributed by atoms with E-state index in [0.717, 1.165) is 5.56 Å². The van der Waals surface area contributed by atoms with Crippen LogP contribution < -0.4 is 11.1 Å². The molecule has 0 spiro atoms. The molecule has 5 nitrogen and oxygen atoms in total. The van der Waals surface area contributed by atoms with E-state index in [4.69, 9.17) is 5.73 Å². The summed E-state index contributed by atoms with van der Waals surface area (Å²) in [5, 5.41) is 6.74. The van der Waals surface area contributed by atoms with Crippen molar-refractivity contribution >= 4 is 5.91 Å². The first-order valence-electron chi connectivity index (χ1n) is 4.64. The second-order valence-corrected chi connectivity index (χ2v) is 3.25. The number of hydrogen-bond donors (Lipinski definition) is 2. The molecule has 0 saturated heterocycles. The molecule has 14 heavy (non-hydrogen) atoms. The van der Waals surface area contributed by atoms with E-state index in [9.17, 15) is 4.79 Å². The Morgan fingerprint density at radius 1 is 1.79 bits per heavy atom. The molecule has 0 aliphatic carbocycles. The Kier molecular flexibility index (Phi) is 3.64. The summed E-state index contributed by atoms with van der Waals surface area (Å²) < 4.78 is 1.70. The third-order valence-electron chi connectivity index (χ3n) is 2.00. The third kappa shape index (κ3) is 2.85. The highest BCUT2D eigenvalue weighted by Gasteiger charge is 2.09. The highest BCUT2D eigenvalue weighted by Crippen LogP contribution is 1.95. The van der Waals surface area contributed by atoms with Crippen molar-refractivity contribution in [2.24, 2.45) is 12.8 Å². The molecule has 0 unspecified atom stereocenters. The average Bonchev–Trinajstić information content (AvgIpc) is 2.59. The largest absolute Gasteiger partial charge is 0.351 e. The smallest absolute Gasteiger partial charge is 0.237 e. The van der Waals surface area contributed by atoms with Crippen LogP contribution in [0, 0.1) is 0 Å². The zero-order chi connectivity index (χ0) is 10.6. The zero-order valence-corrected chi connectivity index (χ0v) is 8.53. The van der Waals surface area contributed by atoms with Crippen LogP contribution in [-0.2, 0) is 18.4 Å². The van der Waals surface area contributed by atoms with Crippen molar-refractivity contribution in [3.8, 4) is 0 Å². The van der Waals surface area contributed by atoms with Crippen LogP contribution in [0.2, 0.25) is 0 Å². The summed E-state index contributed by atoms with van der Waals surface area (Å²) in [5.74, 6) is -0.114. The van der Waals surface area contributed by atoms with Gasteiger partial charge in [-0.1, -0.05) is 6.92 Å². The second kappa shape index (κ2) is 4.76. The lowest BCUT2D eigenvalue weighted by molar-refractivity contribution is -0.122. The number of carbonyl (C=O) groups is 1. The van der Waals surface area contributed by atoms with Gasteiger partial charge in [0.25, 0.3) is 0 Å². The minimum Gasteiger partial charge on any atom is -0.351 e. The first kappa shape index (κ1) is 10.7. The van der Waals surface area contributed by atoms with Crippen LogP contribution in [0.4, 0.5) is 0 Å². The fourth-order valence-electron chi connectivity index (χ4n) is 1.07. The molecule has 1 amide bonds. The number of nitrogens with one attached hydrogen (secondary N) is 1. The monoisotopic (exact) mass is 196 g/mol. The molecule has 0 radical (unpaired) electrons. The van der Waals surface area contributed by atoms with Crippen LogP contribution in [-0.4, -0.2) is 21.7 Å². The molecule has 3 N–H and O–H groups in total. The summed E-state index contributed by atoms with van der Waals surface area (Å²) in [7, 11) is 1.84. The van der Waals surface area contributed by atoms with Gasteiger partial charge in [0.1, 0.15) is 0 Å². The van der Waals surface area contributed by atoms with Crippen molar-refractivity contribution in [3.05, 3.63) is 18.0 Å². The van der Waals surface area contributed by atoms with Gasteiger partial charge in [-0.15, -0.1) is 0 Å². The molecule has 1 aromatic heterocycles. The van der Waals surface area contributed by atoms with Crippen LogP contribution in [0.1, 0.15) is 18.9 Å². The molecule has 1 atom stereocenters. The molecular formula is C9H16N4O. The van der Waals surface area contributed by atoms with Gasteiger partial charge in [0.2, 0.25) is 5.91 Å². The van der Waals surface area contributed by atoms with Gasteiger partial charge in [-0.3, -0.25) is 9.48 Å². The summed E-state index contributed by atoms with van der Waals surface area (Å²) in [4.78, 5) is 11.3. The predicted molar refractivity (Wildman–Crippen MR) is 53.3 cm³/mol. The first-order valence-corrected chi connectivity index (χ1v) is 4.64. The van der Waals surface area contributed by atoms with Gasteiger partial charge in [-0.2, -0.15) is 5.10 Å². The molecule has 0 saturated carbocycles. The van der Waals surface area contributed by atoms with E-state index in [0.29, 0.717) is 13.0 Å². The molecule has 5 heteroatoms. The summed E-state index contributed by atoms with van der Waals surface area (Å²) in [6.45, 7) is 2.37. The van der Waals surface area contributed by atoms with Crippen molar-refractivity contribution in [1.29, 1.82) is 0 Å². The molecule has 0 aliphatic heterocycles. The molecule has 1 heterocycles. The Morgan fingerprint density at radius 2 is 2.50 bits per heavy atom. The van der Waals surface area contributed by atoms with Gasteiger partial charge >= 0.3 is 0 Å². The Hall–Kier alpha value is -1.36. The Morgan fingerprint density at radius 3 is 3.00 bits per heavy atom. The van der Waals surface area contributed by atoms with Crippen LogP contribution in [0.15, 0.2) is 12.4 Å². The Labute approximate surface area is 83.3 Å². The minimum atomic E-state index is -0.410. The van der Waals surface area contributed by atoms with E-state index in [1.165, 1.54) is 0 Å². The van der Waals surface area contributed by atoms with Crippen LogP contribution in [0.25, 0.3) is 0 Å². The van der Waals surface area contributed by atoms with Gasteiger partial charge in [-0.05, 0) is 6.42 Å². The number of aryl methyl sites for hydroxylation is 1. The van der Waals surface area contributed by atoms with Gasteiger partial charge < -0.3 is 11.1 Å². The second-order valence-electron chi connectivity index (χ2n) is 3.25. The number of aromatic nitrogens is 2. The van der Waals surface area contributed by atoms with E-state index in [2.05, 4.69) is 10.4 Å². The van der Waals surface area contributed by atoms with Gasteiger partial charge in [-0.25, -0.2) is 0 Å². The normalized spacial score (nSPS) is 12.5. The number of nitrogens with two attached hydrogens (primary N) is 1. The van der Waals surface area contributed by atoms with Crippen LogP contribution >= 0.6 is 0 Å². The highest BCUT2D eigenvalue weighted by molar-refractivity contribution is 5.81. The van der Waals surface area contributed by atoms with Crippen molar-refractivity contribution in [2.45, 2.75) is 25.9 Å². The molecule has 78 valence electrons. The van der Waals surface area contributed by atoms with Crippen molar-refractivity contribution < 1.29 is 4.79 Å². The fourth-order valence-corrected chi connectivity index (χ4v) is 1.07. The van der Waals surface area contributed by atoms with E-state index < -0.39 is 6.04 Å². The van der Waals surface area contributed by atoms with Crippen LogP contribution in [0.3, 0.4) is 0 Å². The van der Waals surface area contributed by atoms with E-state index >= 15 is 0 Å². The van der Waals surface area contributed by atoms with E-state index in [1.807, 2.05) is 20.2 Å². The van der Waals surface area contributed by atoms with Crippen LogP contribution in [0.5, 0.6) is 0 Å². The molecule has 1 aromatic rings. The highest BCUT2D eigenvalue weighted by atomic mass is 16.2. The van der Waals surface area contributed by atoms with Crippen molar-refractivity contribution in [1.82, 2.24) is 15.1 Å². The number of hydrogen-bond acceptors (Lipinski definition) is 3. The number of amides is 1. The maximum absolute atomic E-state index is 11.3. The molecule has 0 fully saturated rings. The summed E-state index contributed by atoms with van der Waals surface area (Å²) >= 11 is 0. The summed E-state index contributed by atoms with van der Waals surface area (Å²) in [6.07, 6.45) is 4.23. The fraction of sp³-hybridized carbons (Fsp3) is 0.556. The van der Waals surface area contributed by atoms with Gasteiger partial charge in [0, 0.05) is 25.4 Å².